The number of hydrogen-bond donors (Lipinski definition) is 2. The summed E-state index contributed by atoms with van der Waals surface area (Å²) in [6.45, 7) is 1.57. The van der Waals surface area contributed by atoms with Gasteiger partial charge in [0.15, 0.2) is 0 Å². The quantitative estimate of drug-likeness (QED) is 0.824. The highest BCUT2D eigenvalue weighted by atomic mass is 19.1. The van der Waals surface area contributed by atoms with Gasteiger partial charge in [0.2, 0.25) is 5.91 Å². The van der Waals surface area contributed by atoms with Gasteiger partial charge in [0.05, 0.1) is 12.5 Å². The third-order valence-corrected chi connectivity index (χ3v) is 2.82. The van der Waals surface area contributed by atoms with Gasteiger partial charge in [-0.2, -0.15) is 5.26 Å². The summed E-state index contributed by atoms with van der Waals surface area (Å²) < 4.78 is 13.0. The van der Waals surface area contributed by atoms with Crippen LogP contribution in [0.15, 0.2) is 24.3 Å². The first-order valence-corrected chi connectivity index (χ1v) is 6.07. The summed E-state index contributed by atoms with van der Waals surface area (Å²) in [6.07, 6.45) is -0.0853. The smallest absolute Gasteiger partial charge is 0.326 e. The number of amides is 1. The lowest BCUT2D eigenvalue weighted by Gasteiger charge is -2.19. The van der Waals surface area contributed by atoms with Gasteiger partial charge < -0.3 is 10.4 Å². The lowest BCUT2D eigenvalue weighted by atomic mass is 9.98. The maximum atomic E-state index is 13.0. The van der Waals surface area contributed by atoms with E-state index in [2.05, 4.69) is 5.32 Å². The Kier molecular flexibility index (Phi) is 5.66. The molecule has 0 aliphatic carbocycles. The van der Waals surface area contributed by atoms with Gasteiger partial charge in [-0.15, -0.1) is 0 Å². The molecule has 0 heterocycles. The van der Waals surface area contributed by atoms with Gasteiger partial charge >= 0.3 is 5.97 Å². The first kappa shape index (κ1) is 15.6. The molecule has 0 aliphatic heterocycles. The number of nitriles is 1. The van der Waals surface area contributed by atoms with E-state index in [0.717, 1.165) is 0 Å². The number of carbonyl (C=O) groups excluding carboxylic acids is 1. The van der Waals surface area contributed by atoms with E-state index in [1.54, 1.807) is 13.0 Å². The van der Waals surface area contributed by atoms with Crippen molar-refractivity contribution in [1.29, 1.82) is 5.26 Å². The molecule has 20 heavy (non-hydrogen) atoms. The standard InChI is InChI=1S/C14H15FN2O3/c1-9(5-6-16)13(14(19)20)17-12(18)8-10-3-2-4-11(15)7-10/h2-4,7,9,13H,5,8H2,1H3,(H,17,18)(H,19,20)/t9-,13-/m0/s1. The lowest BCUT2D eigenvalue weighted by molar-refractivity contribution is -0.143. The van der Waals surface area contributed by atoms with Crippen molar-refractivity contribution in [3.63, 3.8) is 0 Å². The summed E-state index contributed by atoms with van der Waals surface area (Å²) >= 11 is 0. The minimum atomic E-state index is -1.19. The lowest BCUT2D eigenvalue weighted by Crippen LogP contribution is -2.45. The van der Waals surface area contributed by atoms with E-state index in [-0.39, 0.29) is 12.8 Å². The van der Waals surface area contributed by atoms with Crippen LogP contribution >= 0.6 is 0 Å². The van der Waals surface area contributed by atoms with E-state index < -0.39 is 29.7 Å². The number of nitrogens with zero attached hydrogens (tertiary/aromatic N) is 1. The summed E-state index contributed by atoms with van der Waals surface area (Å²) in [5, 5.41) is 20.0. The Morgan fingerprint density at radius 1 is 1.50 bits per heavy atom. The Balaban J connectivity index is 2.67. The second kappa shape index (κ2) is 7.24. The largest absolute Gasteiger partial charge is 0.480 e. The number of benzene rings is 1. The molecule has 0 saturated heterocycles. The number of hydrogen-bond acceptors (Lipinski definition) is 3. The highest BCUT2D eigenvalue weighted by molar-refractivity contribution is 5.85. The molecule has 1 aromatic carbocycles. The molecule has 1 rings (SSSR count). The van der Waals surface area contributed by atoms with Crippen molar-refractivity contribution in [2.45, 2.75) is 25.8 Å². The minimum absolute atomic E-state index is 0.0250. The molecule has 0 bridgehead atoms. The van der Waals surface area contributed by atoms with Crippen LogP contribution in [-0.2, 0) is 16.0 Å². The maximum absolute atomic E-state index is 13.0. The van der Waals surface area contributed by atoms with Crippen LogP contribution in [0, 0.1) is 23.1 Å². The first-order chi connectivity index (χ1) is 9.43. The Hall–Kier alpha value is -2.42. The monoisotopic (exact) mass is 278 g/mol. The van der Waals surface area contributed by atoms with E-state index in [1.807, 2.05) is 6.07 Å². The molecule has 0 aliphatic rings. The third-order valence-electron chi connectivity index (χ3n) is 2.82. The summed E-state index contributed by atoms with van der Waals surface area (Å²) in [7, 11) is 0. The van der Waals surface area contributed by atoms with Gasteiger partial charge in [-0.25, -0.2) is 9.18 Å². The summed E-state index contributed by atoms with van der Waals surface area (Å²) in [5.41, 5.74) is 0.458. The number of rotatable bonds is 6. The number of carboxylic acid groups (broad SMARTS) is 1. The number of carboxylic acids is 1. The minimum Gasteiger partial charge on any atom is -0.480 e. The molecule has 0 spiro atoms. The number of aliphatic carboxylic acids is 1. The molecule has 2 atom stereocenters. The van der Waals surface area contributed by atoms with Crippen LogP contribution in [0.2, 0.25) is 0 Å². The van der Waals surface area contributed by atoms with Crippen molar-refractivity contribution in [3.8, 4) is 6.07 Å². The Labute approximate surface area is 116 Å². The van der Waals surface area contributed by atoms with Crippen molar-refractivity contribution in [3.05, 3.63) is 35.6 Å². The molecule has 0 radical (unpaired) electrons. The molecule has 1 amide bonds. The predicted octanol–water partition coefficient (Wildman–Crippen LogP) is 1.49. The SMILES string of the molecule is C[C@@H](CC#N)[C@H](NC(=O)Cc1cccc(F)c1)C(=O)O. The highest BCUT2D eigenvalue weighted by Crippen LogP contribution is 2.09. The summed E-state index contributed by atoms with van der Waals surface area (Å²) in [5.74, 6) is -2.68. The first-order valence-electron chi connectivity index (χ1n) is 6.07. The molecule has 1 aromatic rings. The third kappa shape index (κ3) is 4.69. The number of carbonyl (C=O) groups is 2. The maximum Gasteiger partial charge on any atom is 0.326 e. The number of halogens is 1. The molecule has 2 N–H and O–H groups in total. The van der Waals surface area contributed by atoms with Crippen LogP contribution in [0.3, 0.4) is 0 Å². The van der Waals surface area contributed by atoms with Crippen molar-refractivity contribution < 1.29 is 19.1 Å². The fourth-order valence-corrected chi connectivity index (χ4v) is 1.77. The Bertz CT molecular complexity index is 539. The predicted molar refractivity (Wildman–Crippen MR) is 69.1 cm³/mol. The topological polar surface area (TPSA) is 90.2 Å². The average Bonchev–Trinajstić information content (AvgIpc) is 2.35. The summed E-state index contributed by atoms with van der Waals surface area (Å²) in [6, 6.07) is 6.27. The van der Waals surface area contributed by atoms with E-state index in [4.69, 9.17) is 10.4 Å². The van der Waals surface area contributed by atoms with Gasteiger partial charge in [0, 0.05) is 12.3 Å². The van der Waals surface area contributed by atoms with Gasteiger partial charge in [-0.05, 0) is 17.7 Å². The van der Waals surface area contributed by atoms with Gasteiger partial charge in [-0.1, -0.05) is 19.1 Å². The average molecular weight is 278 g/mol. The fourth-order valence-electron chi connectivity index (χ4n) is 1.77. The fraction of sp³-hybridized carbons (Fsp3) is 0.357. The molecular formula is C14H15FN2O3. The highest BCUT2D eigenvalue weighted by Gasteiger charge is 2.26. The molecule has 6 heteroatoms. The van der Waals surface area contributed by atoms with Crippen LogP contribution in [0.1, 0.15) is 18.9 Å². The zero-order valence-electron chi connectivity index (χ0n) is 11.0. The number of nitrogens with one attached hydrogen (secondary N) is 1. The van der Waals surface area contributed by atoms with Gasteiger partial charge in [-0.3, -0.25) is 4.79 Å². The van der Waals surface area contributed by atoms with Crippen LogP contribution < -0.4 is 5.32 Å². The molecule has 0 fully saturated rings. The Morgan fingerprint density at radius 2 is 2.20 bits per heavy atom. The van der Waals surface area contributed by atoms with Crippen molar-refractivity contribution in [2.24, 2.45) is 5.92 Å². The van der Waals surface area contributed by atoms with Crippen molar-refractivity contribution in [2.75, 3.05) is 0 Å². The van der Waals surface area contributed by atoms with Crippen LogP contribution in [0.25, 0.3) is 0 Å². The molecule has 5 nitrogen and oxygen atoms in total. The van der Waals surface area contributed by atoms with Crippen molar-refractivity contribution in [1.82, 2.24) is 5.32 Å². The van der Waals surface area contributed by atoms with Gasteiger partial charge in [0.1, 0.15) is 11.9 Å². The van der Waals surface area contributed by atoms with Gasteiger partial charge in [0.25, 0.3) is 0 Å². The zero-order valence-corrected chi connectivity index (χ0v) is 11.0. The van der Waals surface area contributed by atoms with Crippen LogP contribution in [-0.4, -0.2) is 23.0 Å². The zero-order chi connectivity index (χ0) is 15.1. The molecule has 106 valence electrons. The van der Waals surface area contributed by atoms with Crippen LogP contribution in [0.5, 0.6) is 0 Å². The summed E-state index contributed by atoms with van der Waals surface area (Å²) in [4.78, 5) is 22.8. The molecule has 0 saturated carbocycles. The molecular weight excluding hydrogens is 263 g/mol. The molecule has 0 unspecified atom stereocenters. The normalized spacial score (nSPS) is 13.1. The van der Waals surface area contributed by atoms with E-state index in [9.17, 15) is 14.0 Å². The second-order valence-corrected chi connectivity index (χ2v) is 4.53. The second-order valence-electron chi connectivity index (χ2n) is 4.53. The van der Waals surface area contributed by atoms with E-state index in [0.29, 0.717) is 5.56 Å². The Morgan fingerprint density at radius 3 is 2.75 bits per heavy atom. The van der Waals surface area contributed by atoms with E-state index >= 15 is 0 Å². The molecule has 0 aromatic heterocycles. The van der Waals surface area contributed by atoms with Crippen molar-refractivity contribution >= 4 is 11.9 Å². The van der Waals surface area contributed by atoms with Crippen LogP contribution in [0.4, 0.5) is 4.39 Å². The van der Waals surface area contributed by atoms with E-state index in [1.165, 1.54) is 18.2 Å².